The van der Waals surface area contributed by atoms with Crippen LogP contribution in [0.15, 0.2) is 18.2 Å². The van der Waals surface area contributed by atoms with Gasteiger partial charge in [-0.15, -0.1) is 0 Å². The summed E-state index contributed by atoms with van der Waals surface area (Å²) in [6, 6.07) is 4.49. The first-order valence-electron chi connectivity index (χ1n) is 7.12. The van der Waals surface area contributed by atoms with Crippen LogP contribution in [0.2, 0.25) is 5.02 Å². The maximum absolute atomic E-state index is 13.0. The van der Waals surface area contributed by atoms with Gasteiger partial charge in [-0.1, -0.05) is 25.4 Å². The fourth-order valence-electron chi connectivity index (χ4n) is 2.37. The van der Waals surface area contributed by atoms with Crippen molar-refractivity contribution in [3.63, 3.8) is 0 Å². The lowest BCUT2D eigenvalue weighted by Gasteiger charge is -2.44. The quantitative estimate of drug-likeness (QED) is 0.837. The van der Waals surface area contributed by atoms with Crippen molar-refractivity contribution in [2.75, 3.05) is 13.2 Å². The molecule has 0 saturated heterocycles. The number of nitrogens with one attached hydrogen (secondary N) is 1. The Morgan fingerprint density at radius 3 is 2.85 bits per heavy atom. The van der Waals surface area contributed by atoms with Crippen molar-refractivity contribution in [2.24, 2.45) is 0 Å². The SMILES string of the molecule is CCCOC1C(NCC)CC1Oc1ccc(F)cc1Cl. The lowest BCUT2D eigenvalue weighted by atomic mass is 9.85. The molecule has 1 N–H and O–H groups in total. The number of rotatable bonds is 7. The highest BCUT2D eigenvalue weighted by Crippen LogP contribution is 2.33. The molecule has 3 unspecified atom stereocenters. The summed E-state index contributed by atoms with van der Waals surface area (Å²) in [5, 5.41) is 3.68. The van der Waals surface area contributed by atoms with Gasteiger partial charge in [-0.05, 0) is 31.2 Å². The predicted molar refractivity (Wildman–Crippen MR) is 77.9 cm³/mol. The molecule has 3 atom stereocenters. The van der Waals surface area contributed by atoms with Crippen LogP contribution in [0.25, 0.3) is 0 Å². The lowest BCUT2D eigenvalue weighted by molar-refractivity contribution is -0.107. The largest absolute Gasteiger partial charge is 0.486 e. The highest BCUT2D eigenvalue weighted by Gasteiger charge is 2.43. The molecule has 1 saturated carbocycles. The van der Waals surface area contributed by atoms with Crippen LogP contribution in [-0.4, -0.2) is 31.4 Å². The first kappa shape index (κ1) is 15.5. The van der Waals surface area contributed by atoms with E-state index < -0.39 is 0 Å². The summed E-state index contributed by atoms with van der Waals surface area (Å²) in [4.78, 5) is 0. The van der Waals surface area contributed by atoms with Gasteiger partial charge in [0, 0.05) is 19.1 Å². The van der Waals surface area contributed by atoms with E-state index in [2.05, 4.69) is 19.2 Å². The molecule has 0 spiro atoms. The van der Waals surface area contributed by atoms with Gasteiger partial charge in [-0.3, -0.25) is 0 Å². The minimum absolute atomic E-state index is 0.0241. The molecule has 20 heavy (non-hydrogen) atoms. The van der Waals surface area contributed by atoms with Crippen LogP contribution in [0.5, 0.6) is 5.75 Å². The molecule has 0 bridgehead atoms. The Morgan fingerprint density at radius 1 is 1.40 bits per heavy atom. The maximum atomic E-state index is 13.0. The van der Waals surface area contributed by atoms with Crippen LogP contribution >= 0.6 is 11.6 Å². The Bertz CT molecular complexity index is 444. The fraction of sp³-hybridized carbons (Fsp3) is 0.600. The van der Waals surface area contributed by atoms with Crippen molar-refractivity contribution >= 4 is 11.6 Å². The second-order valence-corrected chi connectivity index (χ2v) is 5.37. The van der Waals surface area contributed by atoms with Gasteiger partial charge in [-0.2, -0.15) is 0 Å². The summed E-state index contributed by atoms with van der Waals surface area (Å²) in [5.41, 5.74) is 0. The van der Waals surface area contributed by atoms with Gasteiger partial charge in [0.25, 0.3) is 0 Å². The molecule has 0 amide bonds. The summed E-state index contributed by atoms with van der Waals surface area (Å²) in [5.74, 6) is 0.151. The van der Waals surface area contributed by atoms with Crippen molar-refractivity contribution in [3.8, 4) is 5.75 Å². The zero-order valence-corrected chi connectivity index (χ0v) is 12.6. The third kappa shape index (κ3) is 3.62. The van der Waals surface area contributed by atoms with Crippen LogP contribution in [-0.2, 0) is 4.74 Å². The maximum Gasteiger partial charge on any atom is 0.138 e. The molecular formula is C15H21ClFNO2. The van der Waals surface area contributed by atoms with E-state index in [1.165, 1.54) is 12.1 Å². The molecule has 0 aromatic heterocycles. The van der Waals surface area contributed by atoms with Crippen molar-refractivity contribution in [1.82, 2.24) is 5.32 Å². The highest BCUT2D eigenvalue weighted by atomic mass is 35.5. The Labute approximate surface area is 124 Å². The summed E-state index contributed by atoms with van der Waals surface area (Å²) in [7, 11) is 0. The standard InChI is InChI=1S/C15H21ClFNO2/c1-3-7-19-15-12(18-4-2)9-14(15)20-13-6-5-10(17)8-11(13)16/h5-6,8,12,14-15,18H,3-4,7,9H2,1-2H3. The van der Waals surface area contributed by atoms with Crippen molar-refractivity contribution in [3.05, 3.63) is 29.0 Å². The predicted octanol–water partition coefficient (Wildman–Crippen LogP) is 3.40. The van der Waals surface area contributed by atoms with E-state index in [0.29, 0.717) is 23.4 Å². The normalized spacial score (nSPS) is 25.3. The summed E-state index contributed by atoms with van der Waals surface area (Å²) in [6.45, 7) is 5.76. The summed E-state index contributed by atoms with van der Waals surface area (Å²) >= 11 is 5.98. The molecular weight excluding hydrogens is 281 g/mol. The van der Waals surface area contributed by atoms with Crippen LogP contribution in [0.3, 0.4) is 0 Å². The van der Waals surface area contributed by atoms with E-state index >= 15 is 0 Å². The number of hydrogen-bond donors (Lipinski definition) is 1. The third-order valence-corrected chi connectivity index (χ3v) is 3.70. The smallest absolute Gasteiger partial charge is 0.138 e. The van der Waals surface area contributed by atoms with Gasteiger partial charge in [0.05, 0.1) is 5.02 Å². The molecule has 5 heteroatoms. The molecule has 3 nitrogen and oxygen atoms in total. The molecule has 1 aromatic rings. The van der Waals surface area contributed by atoms with E-state index in [-0.39, 0.29) is 18.0 Å². The van der Waals surface area contributed by atoms with E-state index in [1.54, 1.807) is 6.07 Å². The Hall–Kier alpha value is -0.840. The van der Waals surface area contributed by atoms with Crippen molar-refractivity contribution in [2.45, 2.75) is 44.9 Å². The van der Waals surface area contributed by atoms with E-state index in [4.69, 9.17) is 21.1 Å². The van der Waals surface area contributed by atoms with Crippen molar-refractivity contribution < 1.29 is 13.9 Å². The van der Waals surface area contributed by atoms with Crippen LogP contribution in [0, 0.1) is 5.82 Å². The Balaban J connectivity index is 1.97. The average Bonchev–Trinajstić information content (AvgIpc) is 2.40. The van der Waals surface area contributed by atoms with E-state index in [9.17, 15) is 4.39 Å². The molecule has 0 aliphatic heterocycles. The first-order chi connectivity index (χ1) is 9.65. The molecule has 112 valence electrons. The van der Waals surface area contributed by atoms with E-state index in [1.807, 2.05) is 0 Å². The fourth-order valence-corrected chi connectivity index (χ4v) is 2.58. The molecule has 1 aliphatic carbocycles. The first-order valence-corrected chi connectivity index (χ1v) is 7.50. The van der Waals surface area contributed by atoms with Gasteiger partial charge in [0.2, 0.25) is 0 Å². The number of ether oxygens (including phenoxy) is 2. The topological polar surface area (TPSA) is 30.5 Å². The van der Waals surface area contributed by atoms with Gasteiger partial charge in [0.15, 0.2) is 0 Å². The van der Waals surface area contributed by atoms with Gasteiger partial charge >= 0.3 is 0 Å². The number of benzene rings is 1. The van der Waals surface area contributed by atoms with Gasteiger partial charge < -0.3 is 14.8 Å². The van der Waals surface area contributed by atoms with E-state index in [0.717, 1.165) is 19.4 Å². The molecule has 1 aliphatic rings. The highest BCUT2D eigenvalue weighted by molar-refractivity contribution is 6.32. The van der Waals surface area contributed by atoms with Gasteiger partial charge in [0.1, 0.15) is 23.8 Å². The summed E-state index contributed by atoms with van der Waals surface area (Å²) in [6.07, 6.45) is 1.83. The van der Waals surface area contributed by atoms with Crippen LogP contribution < -0.4 is 10.1 Å². The molecule has 0 radical (unpaired) electrons. The second kappa shape index (κ2) is 7.25. The molecule has 0 heterocycles. The number of halogens is 2. The number of likely N-dealkylation sites (N-methyl/N-ethyl adjacent to an activating group) is 1. The van der Waals surface area contributed by atoms with Crippen molar-refractivity contribution in [1.29, 1.82) is 0 Å². The Kier molecular flexibility index (Phi) is 5.64. The summed E-state index contributed by atoms with van der Waals surface area (Å²) < 4.78 is 24.7. The molecule has 1 fully saturated rings. The number of hydrogen-bond acceptors (Lipinski definition) is 3. The zero-order valence-electron chi connectivity index (χ0n) is 11.9. The van der Waals surface area contributed by atoms with Crippen LogP contribution in [0.1, 0.15) is 26.7 Å². The molecule has 1 aromatic carbocycles. The minimum atomic E-state index is -0.361. The average molecular weight is 302 g/mol. The van der Waals surface area contributed by atoms with Gasteiger partial charge in [-0.25, -0.2) is 4.39 Å². The third-order valence-electron chi connectivity index (χ3n) is 3.40. The molecule has 2 rings (SSSR count). The van der Waals surface area contributed by atoms with Crippen LogP contribution in [0.4, 0.5) is 4.39 Å². The minimum Gasteiger partial charge on any atom is -0.486 e. The zero-order chi connectivity index (χ0) is 14.5. The second-order valence-electron chi connectivity index (χ2n) is 4.97. The Morgan fingerprint density at radius 2 is 2.20 bits per heavy atom. The lowest BCUT2D eigenvalue weighted by Crippen LogP contribution is -2.61. The monoisotopic (exact) mass is 301 g/mol.